The third-order valence-corrected chi connectivity index (χ3v) is 2.22. The fourth-order valence-electron chi connectivity index (χ4n) is 1.43. The molecule has 1 fully saturated rings. The average molecular weight is 170 g/mol. The largest absolute Gasteiger partial charge is 0.341 e. The Hall–Kier alpha value is -0.570. The maximum atomic E-state index is 11.2. The first-order valence-electron chi connectivity index (χ1n) is 4.63. The van der Waals surface area contributed by atoms with E-state index < -0.39 is 0 Å². The summed E-state index contributed by atoms with van der Waals surface area (Å²) in [6, 6.07) is 0.0738. The number of hydrogen-bond acceptors (Lipinski definition) is 2. The molecule has 1 heterocycles. The molecule has 0 aromatic carbocycles. The smallest absolute Gasteiger partial charge is 0.224 e. The molecule has 3 nitrogen and oxygen atoms in total. The molecule has 0 radical (unpaired) electrons. The van der Waals surface area contributed by atoms with E-state index >= 15 is 0 Å². The maximum absolute atomic E-state index is 11.2. The molecular weight excluding hydrogens is 152 g/mol. The summed E-state index contributed by atoms with van der Waals surface area (Å²) < 4.78 is 0. The molecule has 1 amide bonds. The van der Waals surface area contributed by atoms with Crippen molar-refractivity contribution in [1.82, 2.24) is 4.90 Å². The number of hydrogen-bond donors (Lipinski definition) is 1. The predicted molar refractivity (Wildman–Crippen MR) is 48.6 cm³/mol. The highest BCUT2D eigenvalue weighted by molar-refractivity contribution is 5.79. The van der Waals surface area contributed by atoms with Crippen molar-refractivity contribution in [2.75, 3.05) is 13.1 Å². The lowest BCUT2D eigenvalue weighted by Gasteiger charge is -2.16. The van der Waals surface area contributed by atoms with Crippen LogP contribution in [-0.2, 0) is 4.79 Å². The molecule has 0 aliphatic carbocycles. The minimum atomic E-state index is 0.0738. The van der Waals surface area contributed by atoms with Crippen LogP contribution in [0.25, 0.3) is 0 Å². The molecule has 1 aliphatic heterocycles. The highest BCUT2D eigenvalue weighted by atomic mass is 16.2. The Balaban J connectivity index is 2.28. The minimum absolute atomic E-state index is 0.0738. The maximum Gasteiger partial charge on any atom is 0.224 e. The Morgan fingerprint density at radius 1 is 1.67 bits per heavy atom. The predicted octanol–water partition coefficient (Wildman–Crippen LogP) is 0.592. The lowest BCUT2D eigenvalue weighted by atomic mass is 10.1. The molecule has 0 spiro atoms. The summed E-state index contributed by atoms with van der Waals surface area (Å²) in [5.41, 5.74) is 5.66. The van der Waals surface area contributed by atoms with Crippen molar-refractivity contribution in [3.05, 3.63) is 0 Å². The van der Waals surface area contributed by atoms with E-state index in [1.807, 2.05) is 4.90 Å². The first-order valence-corrected chi connectivity index (χ1v) is 4.63. The highest BCUT2D eigenvalue weighted by Crippen LogP contribution is 2.11. The van der Waals surface area contributed by atoms with Crippen LogP contribution in [0.15, 0.2) is 0 Å². The summed E-state index contributed by atoms with van der Waals surface area (Å²) in [7, 11) is 0. The van der Waals surface area contributed by atoms with Gasteiger partial charge in [0.2, 0.25) is 5.91 Å². The molecule has 0 unspecified atom stereocenters. The van der Waals surface area contributed by atoms with Gasteiger partial charge in [0.05, 0.1) is 0 Å². The van der Waals surface area contributed by atoms with Gasteiger partial charge in [0.25, 0.3) is 0 Å². The SMILES string of the molecule is CC(C)CCN1C[C@@H](N)CC1=O. The summed E-state index contributed by atoms with van der Waals surface area (Å²) in [6.07, 6.45) is 1.62. The van der Waals surface area contributed by atoms with E-state index in [4.69, 9.17) is 5.73 Å². The number of carbonyl (C=O) groups excluding carboxylic acids is 1. The lowest BCUT2D eigenvalue weighted by Crippen LogP contribution is -2.29. The lowest BCUT2D eigenvalue weighted by molar-refractivity contribution is -0.127. The molecule has 12 heavy (non-hydrogen) atoms. The van der Waals surface area contributed by atoms with Crippen molar-refractivity contribution in [1.29, 1.82) is 0 Å². The van der Waals surface area contributed by atoms with E-state index in [9.17, 15) is 4.79 Å². The molecule has 1 atom stereocenters. The van der Waals surface area contributed by atoms with Crippen LogP contribution in [0.1, 0.15) is 26.7 Å². The van der Waals surface area contributed by atoms with Crippen molar-refractivity contribution in [2.45, 2.75) is 32.7 Å². The number of rotatable bonds is 3. The van der Waals surface area contributed by atoms with Crippen LogP contribution in [0.5, 0.6) is 0 Å². The van der Waals surface area contributed by atoms with Gasteiger partial charge in [0.1, 0.15) is 0 Å². The van der Waals surface area contributed by atoms with Crippen LogP contribution in [0.2, 0.25) is 0 Å². The minimum Gasteiger partial charge on any atom is -0.341 e. The van der Waals surface area contributed by atoms with Crippen LogP contribution >= 0.6 is 0 Å². The van der Waals surface area contributed by atoms with E-state index in [2.05, 4.69) is 13.8 Å². The normalized spacial score (nSPS) is 24.2. The number of nitrogens with zero attached hydrogens (tertiary/aromatic N) is 1. The van der Waals surface area contributed by atoms with E-state index in [1.165, 1.54) is 0 Å². The number of likely N-dealkylation sites (tertiary alicyclic amines) is 1. The van der Waals surface area contributed by atoms with Gasteiger partial charge in [-0.15, -0.1) is 0 Å². The van der Waals surface area contributed by atoms with Gasteiger partial charge in [-0.05, 0) is 12.3 Å². The van der Waals surface area contributed by atoms with E-state index in [0.29, 0.717) is 12.3 Å². The van der Waals surface area contributed by atoms with Crippen LogP contribution in [0.4, 0.5) is 0 Å². The van der Waals surface area contributed by atoms with Gasteiger partial charge in [-0.1, -0.05) is 13.8 Å². The number of nitrogens with two attached hydrogens (primary N) is 1. The summed E-state index contributed by atoms with van der Waals surface area (Å²) in [5, 5.41) is 0. The van der Waals surface area contributed by atoms with Crippen molar-refractivity contribution in [3.8, 4) is 0 Å². The Labute approximate surface area is 73.9 Å². The molecule has 3 heteroatoms. The second-order valence-corrected chi connectivity index (χ2v) is 3.99. The van der Waals surface area contributed by atoms with Crippen molar-refractivity contribution >= 4 is 5.91 Å². The molecule has 0 aromatic heterocycles. The monoisotopic (exact) mass is 170 g/mol. The van der Waals surface area contributed by atoms with Gasteiger partial charge in [-0.2, -0.15) is 0 Å². The van der Waals surface area contributed by atoms with Crippen LogP contribution in [0.3, 0.4) is 0 Å². The Morgan fingerprint density at radius 3 is 2.75 bits per heavy atom. The number of carbonyl (C=O) groups is 1. The highest BCUT2D eigenvalue weighted by Gasteiger charge is 2.26. The quantitative estimate of drug-likeness (QED) is 0.674. The average Bonchev–Trinajstić information content (AvgIpc) is 2.26. The molecule has 1 aliphatic rings. The van der Waals surface area contributed by atoms with Gasteiger partial charge >= 0.3 is 0 Å². The molecule has 2 N–H and O–H groups in total. The van der Waals surface area contributed by atoms with Crippen LogP contribution in [-0.4, -0.2) is 29.9 Å². The second kappa shape index (κ2) is 3.90. The van der Waals surface area contributed by atoms with Gasteiger partial charge in [-0.25, -0.2) is 0 Å². The zero-order valence-electron chi connectivity index (χ0n) is 7.92. The van der Waals surface area contributed by atoms with Crippen molar-refractivity contribution in [3.63, 3.8) is 0 Å². The number of amides is 1. The van der Waals surface area contributed by atoms with Gasteiger partial charge < -0.3 is 10.6 Å². The molecule has 1 saturated heterocycles. The van der Waals surface area contributed by atoms with Crippen LogP contribution < -0.4 is 5.73 Å². The second-order valence-electron chi connectivity index (χ2n) is 3.99. The van der Waals surface area contributed by atoms with Gasteiger partial charge in [0, 0.05) is 25.6 Å². The summed E-state index contributed by atoms with van der Waals surface area (Å²) >= 11 is 0. The topological polar surface area (TPSA) is 46.3 Å². The van der Waals surface area contributed by atoms with Crippen molar-refractivity contribution in [2.24, 2.45) is 11.7 Å². The molecule has 0 aromatic rings. The molecule has 70 valence electrons. The van der Waals surface area contributed by atoms with E-state index in [-0.39, 0.29) is 11.9 Å². The Kier molecular flexibility index (Phi) is 3.09. The molecular formula is C9H18N2O. The third kappa shape index (κ3) is 2.48. The van der Waals surface area contributed by atoms with E-state index in [0.717, 1.165) is 19.5 Å². The molecule has 0 bridgehead atoms. The Morgan fingerprint density at radius 2 is 2.33 bits per heavy atom. The van der Waals surface area contributed by atoms with Gasteiger partial charge in [-0.3, -0.25) is 4.79 Å². The molecule has 1 rings (SSSR count). The summed E-state index contributed by atoms with van der Waals surface area (Å²) in [5.74, 6) is 0.887. The van der Waals surface area contributed by atoms with Crippen molar-refractivity contribution < 1.29 is 4.79 Å². The van der Waals surface area contributed by atoms with E-state index in [1.54, 1.807) is 0 Å². The third-order valence-electron chi connectivity index (χ3n) is 2.22. The van der Waals surface area contributed by atoms with Gasteiger partial charge in [0.15, 0.2) is 0 Å². The zero-order valence-corrected chi connectivity index (χ0v) is 7.92. The summed E-state index contributed by atoms with van der Waals surface area (Å²) in [6.45, 7) is 5.97. The Bertz CT molecular complexity index is 168. The first-order chi connectivity index (χ1) is 5.59. The molecule has 0 saturated carbocycles. The first kappa shape index (κ1) is 9.52. The fourth-order valence-corrected chi connectivity index (χ4v) is 1.43. The fraction of sp³-hybridized carbons (Fsp3) is 0.889. The zero-order chi connectivity index (χ0) is 9.14. The van der Waals surface area contributed by atoms with Crippen LogP contribution in [0, 0.1) is 5.92 Å². The summed E-state index contributed by atoms with van der Waals surface area (Å²) in [4.78, 5) is 13.1. The standard InChI is InChI=1S/C9H18N2O/c1-7(2)3-4-11-6-8(10)5-9(11)12/h7-8H,3-6,10H2,1-2H3/t8-/m0/s1.